The minimum atomic E-state index is -0.0140. The molecule has 78 valence electrons. The predicted octanol–water partition coefficient (Wildman–Crippen LogP) is 2.65. The number of aliphatic hydroxyl groups is 1. The van der Waals surface area contributed by atoms with E-state index in [2.05, 4.69) is 0 Å². The topological polar surface area (TPSA) is 37.3 Å². The molecule has 15 heavy (non-hydrogen) atoms. The molecular formula is C13H14O2. The van der Waals surface area contributed by atoms with Gasteiger partial charge in [0.15, 0.2) is 5.78 Å². The number of carbonyl (C=O) groups excluding carboxylic acids is 1. The highest BCUT2D eigenvalue weighted by molar-refractivity contribution is 5.98. The SMILES string of the molecule is CC1=C(O)C(Cc2ccccc2)CC1=O. The van der Waals surface area contributed by atoms with Crippen LogP contribution >= 0.6 is 0 Å². The first-order chi connectivity index (χ1) is 7.18. The van der Waals surface area contributed by atoms with Gasteiger partial charge in [0, 0.05) is 17.9 Å². The number of benzene rings is 1. The molecule has 1 aromatic rings. The fraction of sp³-hybridized carbons (Fsp3) is 0.308. The van der Waals surface area contributed by atoms with Crippen LogP contribution in [0.15, 0.2) is 41.7 Å². The average Bonchev–Trinajstić information content (AvgIpc) is 2.48. The van der Waals surface area contributed by atoms with Gasteiger partial charge in [0.05, 0.1) is 0 Å². The van der Waals surface area contributed by atoms with Crippen molar-refractivity contribution in [2.45, 2.75) is 19.8 Å². The van der Waals surface area contributed by atoms with Crippen molar-refractivity contribution in [3.05, 3.63) is 47.2 Å². The lowest BCUT2D eigenvalue weighted by molar-refractivity contribution is -0.115. The molecule has 1 unspecified atom stereocenters. The van der Waals surface area contributed by atoms with Crippen molar-refractivity contribution < 1.29 is 9.90 Å². The Balaban J connectivity index is 2.13. The van der Waals surface area contributed by atoms with E-state index in [0.29, 0.717) is 12.0 Å². The highest BCUT2D eigenvalue weighted by Gasteiger charge is 2.29. The van der Waals surface area contributed by atoms with E-state index in [1.54, 1.807) is 6.92 Å². The van der Waals surface area contributed by atoms with E-state index >= 15 is 0 Å². The van der Waals surface area contributed by atoms with E-state index in [9.17, 15) is 9.90 Å². The van der Waals surface area contributed by atoms with Gasteiger partial charge in [0.2, 0.25) is 0 Å². The number of aliphatic hydroxyl groups excluding tert-OH is 1. The van der Waals surface area contributed by atoms with Crippen LogP contribution in [0.1, 0.15) is 18.9 Å². The Morgan fingerprint density at radius 3 is 2.53 bits per heavy atom. The zero-order chi connectivity index (χ0) is 10.8. The number of Topliss-reactive ketones (excluding diaryl/α,β-unsaturated/α-hetero) is 1. The smallest absolute Gasteiger partial charge is 0.162 e. The van der Waals surface area contributed by atoms with E-state index in [0.717, 1.165) is 12.0 Å². The van der Waals surface area contributed by atoms with Gasteiger partial charge in [-0.05, 0) is 18.9 Å². The highest BCUT2D eigenvalue weighted by Crippen LogP contribution is 2.29. The number of hydrogen-bond acceptors (Lipinski definition) is 2. The molecule has 2 heteroatoms. The van der Waals surface area contributed by atoms with Crippen LogP contribution in [0.4, 0.5) is 0 Å². The number of ketones is 1. The molecule has 2 rings (SSSR count). The second kappa shape index (κ2) is 3.89. The molecule has 0 bridgehead atoms. The van der Waals surface area contributed by atoms with Crippen LogP contribution in [-0.2, 0) is 11.2 Å². The zero-order valence-corrected chi connectivity index (χ0v) is 8.73. The molecule has 0 aromatic heterocycles. The number of carbonyl (C=O) groups is 1. The summed E-state index contributed by atoms with van der Waals surface area (Å²) in [4.78, 5) is 11.4. The molecule has 1 atom stereocenters. The Kier molecular flexibility index (Phi) is 2.58. The van der Waals surface area contributed by atoms with Gasteiger partial charge in [-0.3, -0.25) is 4.79 Å². The van der Waals surface area contributed by atoms with Crippen LogP contribution in [-0.4, -0.2) is 10.9 Å². The first-order valence-corrected chi connectivity index (χ1v) is 5.15. The summed E-state index contributed by atoms with van der Waals surface area (Å²) in [6, 6.07) is 9.94. The Hall–Kier alpha value is -1.57. The molecule has 0 saturated carbocycles. The largest absolute Gasteiger partial charge is 0.512 e. The summed E-state index contributed by atoms with van der Waals surface area (Å²) in [5.74, 6) is 0.345. The summed E-state index contributed by atoms with van der Waals surface area (Å²) in [6.45, 7) is 1.70. The van der Waals surface area contributed by atoms with Crippen molar-refractivity contribution in [3.8, 4) is 0 Å². The fourth-order valence-electron chi connectivity index (χ4n) is 1.99. The van der Waals surface area contributed by atoms with Crippen molar-refractivity contribution in [3.63, 3.8) is 0 Å². The van der Waals surface area contributed by atoms with Crippen molar-refractivity contribution in [1.82, 2.24) is 0 Å². The van der Waals surface area contributed by atoms with Gasteiger partial charge in [0.25, 0.3) is 0 Å². The second-order valence-electron chi connectivity index (χ2n) is 4.02. The molecule has 0 spiro atoms. The van der Waals surface area contributed by atoms with Crippen LogP contribution in [0, 0.1) is 5.92 Å². The monoisotopic (exact) mass is 202 g/mol. The zero-order valence-electron chi connectivity index (χ0n) is 8.73. The van der Waals surface area contributed by atoms with Crippen molar-refractivity contribution in [1.29, 1.82) is 0 Å². The van der Waals surface area contributed by atoms with Crippen LogP contribution in [0.5, 0.6) is 0 Å². The minimum absolute atomic E-state index is 0.0140. The Bertz CT molecular complexity index is 404. The quantitative estimate of drug-likeness (QED) is 0.800. The highest BCUT2D eigenvalue weighted by atomic mass is 16.3. The number of rotatable bonds is 2. The first-order valence-electron chi connectivity index (χ1n) is 5.15. The van der Waals surface area contributed by atoms with Crippen LogP contribution in [0.3, 0.4) is 0 Å². The van der Waals surface area contributed by atoms with E-state index in [4.69, 9.17) is 0 Å². The molecule has 1 aromatic carbocycles. The molecule has 0 fully saturated rings. The lowest BCUT2D eigenvalue weighted by atomic mass is 9.98. The summed E-state index contributed by atoms with van der Waals surface area (Å²) in [6.07, 6.45) is 1.20. The predicted molar refractivity (Wildman–Crippen MR) is 58.6 cm³/mol. The van der Waals surface area contributed by atoms with Crippen LogP contribution in [0.25, 0.3) is 0 Å². The maximum Gasteiger partial charge on any atom is 0.162 e. The summed E-state index contributed by atoms with van der Waals surface area (Å²) in [5, 5.41) is 9.75. The average molecular weight is 202 g/mol. The minimum Gasteiger partial charge on any atom is -0.512 e. The Morgan fingerprint density at radius 2 is 2.00 bits per heavy atom. The Labute approximate surface area is 89.2 Å². The number of allylic oxidation sites excluding steroid dienone is 2. The van der Waals surface area contributed by atoms with Gasteiger partial charge >= 0.3 is 0 Å². The van der Waals surface area contributed by atoms with Crippen molar-refractivity contribution >= 4 is 5.78 Å². The molecule has 0 aliphatic heterocycles. The molecule has 1 aliphatic rings. The van der Waals surface area contributed by atoms with Gasteiger partial charge in [-0.15, -0.1) is 0 Å². The molecule has 0 saturated heterocycles. The molecule has 1 N–H and O–H groups in total. The summed E-state index contributed by atoms with van der Waals surface area (Å²) < 4.78 is 0. The van der Waals surface area contributed by atoms with E-state index < -0.39 is 0 Å². The standard InChI is InChI=1S/C13H14O2/c1-9-12(14)8-11(13(9)15)7-10-5-3-2-4-6-10/h2-6,11,15H,7-8H2,1H3. The Morgan fingerprint density at radius 1 is 1.33 bits per heavy atom. The van der Waals surface area contributed by atoms with Gasteiger partial charge in [-0.2, -0.15) is 0 Å². The molecular weight excluding hydrogens is 188 g/mol. The van der Waals surface area contributed by atoms with Crippen LogP contribution < -0.4 is 0 Å². The molecule has 0 radical (unpaired) electrons. The third-order valence-electron chi connectivity index (χ3n) is 2.95. The molecule has 0 amide bonds. The third-order valence-corrected chi connectivity index (χ3v) is 2.95. The maximum absolute atomic E-state index is 11.4. The molecule has 1 aliphatic carbocycles. The molecule has 0 heterocycles. The maximum atomic E-state index is 11.4. The van der Waals surface area contributed by atoms with E-state index in [-0.39, 0.29) is 17.5 Å². The van der Waals surface area contributed by atoms with Gasteiger partial charge < -0.3 is 5.11 Å². The summed E-state index contributed by atoms with van der Waals surface area (Å²) in [5.41, 5.74) is 1.70. The van der Waals surface area contributed by atoms with Gasteiger partial charge in [0.1, 0.15) is 5.76 Å². The van der Waals surface area contributed by atoms with Crippen molar-refractivity contribution in [2.24, 2.45) is 5.92 Å². The van der Waals surface area contributed by atoms with Crippen molar-refractivity contribution in [2.75, 3.05) is 0 Å². The van der Waals surface area contributed by atoms with E-state index in [1.165, 1.54) is 0 Å². The lowest BCUT2D eigenvalue weighted by Crippen LogP contribution is -2.04. The summed E-state index contributed by atoms with van der Waals surface area (Å²) in [7, 11) is 0. The summed E-state index contributed by atoms with van der Waals surface area (Å²) >= 11 is 0. The molecule has 2 nitrogen and oxygen atoms in total. The lowest BCUT2D eigenvalue weighted by Gasteiger charge is -2.09. The second-order valence-corrected chi connectivity index (χ2v) is 4.02. The third kappa shape index (κ3) is 1.94. The fourth-order valence-corrected chi connectivity index (χ4v) is 1.99. The number of hydrogen-bond donors (Lipinski definition) is 1. The first kappa shape index (κ1) is 9.97. The normalized spacial score (nSPS) is 21.1. The van der Waals surface area contributed by atoms with E-state index in [1.807, 2.05) is 30.3 Å². The van der Waals surface area contributed by atoms with Crippen LogP contribution in [0.2, 0.25) is 0 Å². The van der Waals surface area contributed by atoms with Gasteiger partial charge in [-0.1, -0.05) is 30.3 Å². The van der Waals surface area contributed by atoms with Gasteiger partial charge in [-0.25, -0.2) is 0 Å².